The van der Waals surface area contributed by atoms with E-state index >= 15 is 0 Å². The molecule has 0 saturated carbocycles. The topological polar surface area (TPSA) is 29.3 Å². The fourth-order valence-corrected chi connectivity index (χ4v) is 3.25. The highest BCUT2D eigenvalue weighted by Gasteiger charge is 2.20. The maximum absolute atomic E-state index is 5.30. The minimum Gasteiger partial charge on any atom is -0.361 e. The average molecular weight is 351 g/mol. The second-order valence-electron chi connectivity index (χ2n) is 5.47. The van der Waals surface area contributed by atoms with Crippen LogP contribution in [-0.4, -0.2) is 16.6 Å². The number of benzene rings is 1. The van der Waals surface area contributed by atoms with Gasteiger partial charge in [-0.15, -0.1) is 0 Å². The Morgan fingerprint density at radius 2 is 2.00 bits per heavy atom. The molecule has 1 aromatic carbocycles. The number of rotatable bonds is 6. The van der Waals surface area contributed by atoms with E-state index in [4.69, 9.17) is 4.52 Å². The molecular weight excluding hydrogens is 328 g/mol. The molecule has 3 nitrogen and oxygen atoms in total. The lowest BCUT2D eigenvalue weighted by Gasteiger charge is -2.29. The molecule has 21 heavy (non-hydrogen) atoms. The number of aryl methyl sites for hydroxylation is 2. The molecule has 0 bridgehead atoms. The molecule has 0 aliphatic heterocycles. The monoisotopic (exact) mass is 350 g/mol. The van der Waals surface area contributed by atoms with Gasteiger partial charge in [0.05, 0.1) is 5.69 Å². The normalized spacial score (nSPS) is 12.9. The van der Waals surface area contributed by atoms with Crippen molar-refractivity contribution in [3.05, 3.63) is 51.3 Å². The summed E-state index contributed by atoms with van der Waals surface area (Å²) in [5.41, 5.74) is 3.52. The quantitative estimate of drug-likeness (QED) is 0.731. The van der Waals surface area contributed by atoms with E-state index < -0.39 is 0 Å². The summed E-state index contributed by atoms with van der Waals surface area (Å²) < 4.78 is 6.46. The van der Waals surface area contributed by atoms with Gasteiger partial charge in [-0.05, 0) is 45.4 Å². The third-order valence-corrected chi connectivity index (χ3v) is 4.68. The van der Waals surface area contributed by atoms with Crippen LogP contribution in [0.25, 0.3) is 0 Å². The molecule has 0 aliphatic carbocycles. The first kappa shape index (κ1) is 16.2. The second kappa shape index (κ2) is 7.23. The zero-order valence-corrected chi connectivity index (χ0v) is 14.8. The number of hydrogen-bond donors (Lipinski definition) is 0. The fraction of sp³-hybridized carbons (Fsp3) is 0.471. The maximum Gasteiger partial charge on any atom is 0.138 e. The van der Waals surface area contributed by atoms with Crippen molar-refractivity contribution in [2.24, 2.45) is 0 Å². The van der Waals surface area contributed by atoms with Crippen LogP contribution in [0.2, 0.25) is 0 Å². The molecule has 0 saturated heterocycles. The van der Waals surface area contributed by atoms with Crippen molar-refractivity contribution in [2.45, 2.75) is 46.7 Å². The number of hydrogen-bond acceptors (Lipinski definition) is 3. The van der Waals surface area contributed by atoms with Crippen LogP contribution in [0, 0.1) is 13.8 Å². The summed E-state index contributed by atoms with van der Waals surface area (Å²) >= 11 is 3.67. The standard InChI is InChI=1S/C17H23BrN2O/c1-5-10-20(11-16-12(2)19-21-14(16)4)13(3)15-8-6-7-9-17(15)18/h6-9,13H,5,10-11H2,1-4H3. The lowest BCUT2D eigenvalue weighted by Crippen LogP contribution is -2.28. The summed E-state index contributed by atoms with van der Waals surface area (Å²) in [5.74, 6) is 0.924. The van der Waals surface area contributed by atoms with Crippen molar-refractivity contribution in [3.63, 3.8) is 0 Å². The van der Waals surface area contributed by atoms with Crippen LogP contribution in [0.3, 0.4) is 0 Å². The third kappa shape index (κ3) is 3.74. The van der Waals surface area contributed by atoms with Crippen molar-refractivity contribution in [1.29, 1.82) is 0 Å². The summed E-state index contributed by atoms with van der Waals surface area (Å²) in [4.78, 5) is 2.48. The molecule has 114 valence electrons. The van der Waals surface area contributed by atoms with Gasteiger partial charge in [0.1, 0.15) is 5.76 Å². The van der Waals surface area contributed by atoms with E-state index in [1.165, 1.54) is 11.1 Å². The lowest BCUT2D eigenvalue weighted by atomic mass is 10.1. The SMILES string of the molecule is CCCN(Cc1c(C)noc1C)C(C)c1ccccc1Br. The molecule has 0 spiro atoms. The Kier molecular flexibility index (Phi) is 5.59. The van der Waals surface area contributed by atoms with Gasteiger partial charge in [-0.3, -0.25) is 4.90 Å². The zero-order valence-electron chi connectivity index (χ0n) is 13.2. The van der Waals surface area contributed by atoms with Crippen LogP contribution >= 0.6 is 15.9 Å². The Morgan fingerprint density at radius 1 is 1.29 bits per heavy atom. The highest BCUT2D eigenvalue weighted by molar-refractivity contribution is 9.10. The smallest absolute Gasteiger partial charge is 0.138 e. The van der Waals surface area contributed by atoms with Crippen LogP contribution < -0.4 is 0 Å². The molecule has 1 unspecified atom stereocenters. The van der Waals surface area contributed by atoms with E-state index in [0.717, 1.165) is 35.4 Å². The van der Waals surface area contributed by atoms with Gasteiger partial charge in [-0.25, -0.2) is 0 Å². The number of aromatic nitrogens is 1. The van der Waals surface area contributed by atoms with Gasteiger partial charge in [0.2, 0.25) is 0 Å². The molecule has 0 N–H and O–H groups in total. The molecule has 2 aromatic rings. The molecule has 1 heterocycles. The molecule has 0 amide bonds. The van der Waals surface area contributed by atoms with E-state index in [9.17, 15) is 0 Å². The van der Waals surface area contributed by atoms with E-state index in [1.807, 2.05) is 13.8 Å². The second-order valence-corrected chi connectivity index (χ2v) is 6.33. The van der Waals surface area contributed by atoms with Gasteiger partial charge < -0.3 is 4.52 Å². The Morgan fingerprint density at radius 3 is 2.57 bits per heavy atom. The van der Waals surface area contributed by atoms with E-state index in [0.29, 0.717) is 6.04 Å². The predicted molar refractivity (Wildman–Crippen MR) is 89.2 cm³/mol. The van der Waals surface area contributed by atoms with Crippen LogP contribution in [0.5, 0.6) is 0 Å². The van der Waals surface area contributed by atoms with Gasteiger partial charge in [0, 0.05) is 22.6 Å². The van der Waals surface area contributed by atoms with Crippen LogP contribution in [0.4, 0.5) is 0 Å². The van der Waals surface area contributed by atoms with E-state index in [2.05, 4.69) is 64.1 Å². The van der Waals surface area contributed by atoms with Crippen LogP contribution in [-0.2, 0) is 6.54 Å². The highest BCUT2D eigenvalue weighted by Crippen LogP contribution is 2.29. The number of nitrogens with zero attached hydrogens (tertiary/aromatic N) is 2. The van der Waals surface area contributed by atoms with Gasteiger partial charge in [0.15, 0.2) is 0 Å². The van der Waals surface area contributed by atoms with Gasteiger partial charge in [-0.1, -0.05) is 46.2 Å². The summed E-state index contributed by atoms with van der Waals surface area (Å²) in [7, 11) is 0. The van der Waals surface area contributed by atoms with Crippen molar-refractivity contribution in [1.82, 2.24) is 10.1 Å². The first-order chi connectivity index (χ1) is 10.0. The first-order valence-corrected chi connectivity index (χ1v) is 8.24. The van der Waals surface area contributed by atoms with E-state index in [1.54, 1.807) is 0 Å². The Hall–Kier alpha value is -1.13. The Labute approximate surface area is 135 Å². The van der Waals surface area contributed by atoms with Crippen LogP contribution in [0.15, 0.2) is 33.3 Å². The first-order valence-electron chi connectivity index (χ1n) is 7.44. The summed E-state index contributed by atoms with van der Waals surface area (Å²) in [5, 5.41) is 4.07. The molecule has 1 atom stereocenters. The van der Waals surface area contributed by atoms with Gasteiger partial charge in [-0.2, -0.15) is 0 Å². The molecule has 2 rings (SSSR count). The average Bonchev–Trinajstić information content (AvgIpc) is 2.78. The van der Waals surface area contributed by atoms with Crippen molar-refractivity contribution in [2.75, 3.05) is 6.54 Å². The Bertz CT molecular complexity index is 575. The minimum atomic E-state index is 0.342. The molecule has 0 radical (unpaired) electrons. The molecule has 0 aliphatic rings. The summed E-state index contributed by atoms with van der Waals surface area (Å²) in [6.07, 6.45) is 1.12. The maximum atomic E-state index is 5.30. The minimum absolute atomic E-state index is 0.342. The summed E-state index contributed by atoms with van der Waals surface area (Å²) in [6.45, 7) is 10.4. The van der Waals surface area contributed by atoms with Crippen LogP contribution in [0.1, 0.15) is 48.9 Å². The number of halogens is 1. The van der Waals surface area contributed by atoms with Gasteiger partial charge >= 0.3 is 0 Å². The predicted octanol–water partition coefficient (Wildman–Crippen LogP) is 5.03. The van der Waals surface area contributed by atoms with Gasteiger partial charge in [0.25, 0.3) is 0 Å². The lowest BCUT2D eigenvalue weighted by molar-refractivity contribution is 0.200. The van der Waals surface area contributed by atoms with Crippen molar-refractivity contribution in [3.8, 4) is 0 Å². The van der Waals surface area contributed by atoms with Crippen molar-refractivity contribution < 1.29 is 4.52 Å². The third-order valence-electron chi connectivity index (χ3n) is 3.96. The fourth-order valence-electron chi connectivity index (χ4n) is 2.64. The molecular formula is C17H23BrN2O. The van der Waals surface area contributed by atoms with E-state index in [-0.39, 0.29) is 0 Å². The molecule has 1 aromatic heterocycles. The largest absolute Gasteiger partial charge is 0.361 e. The molecule has 0 fully saturated rings. The molecule has 4 heteroatoms. The highest BCUT2D eigenvalue weighted by atomic mass is 79.9. The Balaban J connectivity index is 2.25. The summed E-state index contributed by atoms with van der Waals surface area (Å²) in [6, 6.07) is 8.78. The van der Waals surface area contributed by atoms with Crippen molar-refractivity contribution >= 4 is 15.9 Å². The zero-order chi connectivity index (χ0) is 15.4.